The summed E-state index contributed by atoms with van der Waals surface area (Å²) in [7, 11) is 0. The molecule has 0 radical (unpaired) electrons. The Bertz CT molecular complexity index is 475. The van der Waals surface area contributed by atoms with Gasteiger partial charge in [-0.15, -0.1) is 0 Å². The molecule has 0 unspecified atom stereocenters. The summed E-state index contributed by atoms with van der Waals surface area (Å²) in [5.41, 5.74) is 1.72. The summed E-state index contributed by atoms with van der Waals surface area (Å²) in [6.45, 7) is 3.77. The molecule has 0 fully saturated rings. The maximum absolute atomic E-state index is 9.12. The molecule has 82 valence electrons. The highest BCUT2D eigenvalue weighted by Crippen LogP contribution is 2.20. The van der Waals surface area contributed by atoms with Crippen LogP contribution in [0.2, 0.25) is 0 Å². The molecule has 4 nitrogen and oxygen atoms in total. The molecular weight excluding hydrogens is 204 g/mol. The summed E-state index contributed by atoms with van der Waals surface area (Å²) in [4.78, 5) is 8.31. The van der Waals surface area contributed by atoms with Gasteiger partial charge in [-0.3, -0.25) is 0 Å². The van der Waals surface area contributed by atoms with Crippen LogP contribution in [0.3, 0.4) is 0 Å². The van der Waals surface area contributed by atoms with Crippen LogP contribution in [0.15, 0.2) is 30.3 Å². The Morgan fingerprint density at radius 2 is 1.56 bits per heavy atom. The standard InChI is InChI=1S/C12H12N2O2/c1-8-7-9(2)14-12(13-8)16-11-5-3-10(15)4-6-11/h3-7,15H,1-2H3. The van der Waals surface area contributed by atoms with Crippen LogP contribution in [0.25, 0.3) is 0 Å². The summed E-state index contributed by atoms with van der Waals surface area (Å²) in [5, 5.41) is 9.12. The molecule has 2 rings (SSSR count). The fraction of sp³-hybridized carbons (Fsp3) is 0.167. The van der Waals surface area contributed by atoms with Crippen molar-refractivity contribution in [2.45, 2.75) is 13.8 Å². The van der Waals surface area contributed by atoms with E-state index in [0.717, 1.165) is 11.4 Å². The summed E-state index contributed by atoms with van der Waals surface area (Å²) in [6, 6.07) is 8.63. The van der Waals surface area contributed by atoms with Crippen molar-refractivity contribution < 1.29 is 9.84 Å². The summed E-state index contributed by atoms with van der Waals surface area (Å²) >= 11 is 0. The van der Waals surface area contributed by atoms with E-state index in [9.17, 15) is 0 Å². The number of aromatic nitrogens is 2. The molecule has 1 heterocycles. The first-order valence-corrected chi connectivity index (χ1v) is 4.92. The smallest absolute Gasteiger partial charge is 0.322 e. The Morgan fingerprint density at radius 3 is 2.12 bits per heavy atom. The van der Waals surface area contributed by atoms with Gasteiger partial charge in [0.15, 0.2) is 0 Å². The highest BCUT2D eigenvalue weighted by molar-refractivity contribution is 5.31. The molecule has 2 aromatic rings. The first-order chi connectivity index (χ1) is 7.63. The fourth-order valence-corrected chi connectivity index (χ4v) is 1.36. The Kier molecular flexibility index (Phi) is 2.72. The Hall–Kier alpha value is -2.10. The second-order valence-corrected chi connectivity index (χ2v) is 3.53. The molecule has 0 atom stereocenters. The normalized spacial score (nSPS) is 10.1. The van der Waals surface area contributed by atoms with Crippen molar-refractivity contribution in [1.29, 1.82) is 0 Å². The zero-order chi connectivity index (χ0) is 11.5. The van der Waals surface area contributed by atoms with Crippen molar-refractivity contribution in [2.75, 3.05) is 0 Å². The van der Waals surface area contributed by atoms with Gasteiger partial charge in [0, 0.05) is 11.4 Å². The minimum absolute atomic E-state index is 0.202. The summed E-state index contributed by atoms with van der Waals surface area (Å²) < 4.78 is 5.46. The largest absolute Gasteiger partial charge is 0.508 e. The lowest BCUT2D eigenvalue weighted by molar-refractivity contribution is 0.434. The maximum atomic E-state index is 9.12. The molecule has 0 saturated heterocycles. The van der Waals surface area contributed by atoms with E-state index >= 15 is 0 Å². The number of nitrogens with zero attached hydrogens (tertiary/aromatic N) is 2. The van der Waals surface area contributed by atoms with Crippen LogP contribution >= 0.6 is 0 Å². The Balaban J connectivity index is 2.23. The minimum atomic E-state index is 0.202. The molecule has 0 amide bonds. The van der Waals surface area contributed by atoms with Gasteiger partial charge in [0.25, 0.3) is 0 Å². The maximum Gasteiger partial charge on any atom is 0.322 e. The molecule has 16 heavy (non-hydrogen) atoms. The topological polar surface area (TPSA) is 55.2 Å². The number of rotatable bonds is 2. The lowest BCUT2D eigenvalue weighted by atomic mass is 10.3. The molecule has 0 aliphatic rings. The minimum Gasteiger partial charge on any atom is -0.508 e. The predicted octanol–water partition coefficient (Wildman–Crippen LogP) is 2.59. The highest BCUT2D eigenvalue weighted by Gasteiger charge is 2.02. The summed E-state index contributed by atoms with van der Waals surface area (Å²) in [5.74, 6) is 0.802. The van der Waals surface area contributed by atoms with Crippen LogP contribution in [0, 0.1) is 13.8 Å². The molecule has 0 spiro atoms. The van der Waals surface area contributed by atoms with E-state index in [0.29, 0.717) is 11.8 Å². The molecule has 0 aliphatic heterocycles. The van der Waals surface area contributed by atoms with Gasteiger partial charge < -0.3 is 9.84 Å². The van der Waals surface area contributed by atoms with Crippen molar-refractivity contribution in [3.8, 4) is 17.5 Å². The zero-order valence-electron chi connectivity index (χ0n) is 9.14. The van der Waals surface area contributed by atoms with Crippen LogP contribution < -0.4 is 4.74 Å². The number of aryl methyl sites for hydroxylation is 2. The van der Waals surface area contributed by atoms with Crippen molar-refractivity contribution in [2.24, 2.45) is 0 Å². The van der Waals surface area contributed by atoms with Gasteiger partial charge in [-0.05, 0) is 44.2 Å². The van der Waals surface area contributed by atoms with Gasteiger partial charge in [-0.25, -0.2) is 9.97 Å². The molecular formula is C12H12N2O2. The molecule has 0 aliphatic carbocycles. The number of phenols is 1. The number of hydrogen-bond acceptors (Lipinski definition) is 4. The van der Waals surface area contributed by atoms with Gasteiger partial charge in [0.05, 0.1) is 0 Å². The third kappa shape index (κ3) is 2.48. The van der Waals surface area contributed by atoms with Gasteiger partial charge in [0.2, 0.25) is 0 Å². The summed E-state index contributed by atoms with van der Waals surface area (Å²) in [6.07, 6.45) is 0. The van der Waals surface area contributed by atoms with Crippen LogP contribution in [0.4, 0.5) is 0 Å². The van der Waals surface area contributed by atoms with Crippen LogP contribution in [-0.4, -0.2) is 15.1 Å². The van der Waals surface area contributed by atoms with Gasteiger partial charge in [-0.2, -0.15) is 0 Å². The number of ether oxygens (including phenoxy) is 1. The average molecular weight is 216 g/mol. The van der Waals surface area contributed by atoms with Crippen LogP contribution in [-0.2, 0) is 0 Å². The zero-order valence-corrected chi connectivity index (χ0v) is 9.14. The van der Waals surface area contributed by atoms with Gasteiger partial charge in [0.1, 0.15) is 11.5 Å². The van der Waals surface area contributed by atoms with E-state index in [1.807, 2.05) is 19.9 Å². The van der Waals surface area contributed by atoms with E-state index < -0.39 is 0 Å². The molecule has 1 N–H and O–H groups in total. The first-order valence-electron chi connectivity index (χ1n) is 4.92. The van der Waals surface area contributed by atoms with E-state index in [1.54, 1.807) is 24.3 Å². The Morgan fingerprint density at radius 1 is 1.00 bits per heavy atom. The highest BCUT2D eigenvalue weighted by atomic mass is 16.5. The Labute approximate surface area is 93.6 Å². The monoisotopic (exact) mass is 216 g/mol. The molecule has 1 aromatic carbocycles. The molecule has 0 bridgehead atoms. The van der Waals surface area contributed by atoms with Crippen molar-refractivity contribution >= 4 is 0 Å². The van der Waals surface area contributed by atoms with E-state index in [2.05, 4.69) is 9.97 Å². The van der Waals surface area contributed by atoms with E-state index in [-0.39, 0.29) is 5.75 Å². The lowest BCUT2D eigenvalue weighted by Gasteiger charge is -2.05. The quantitative estimate of drug-likeness (QED) is 0.838. The second kappa shape index (κ2) is 4.18. The van der Waals surface area contributed by atoms with E-state index in [4.69, 9.17) is 9.84 Å². The number of benzene rings is 1. The van der Waals surface area contributed by atoms with Crippen molar-refractivity contribution in [3.05, 3.63) is 41.7 Å². The van der Waals surface area contributed by atoms with Crippen molar-refractivity contribution in [1.82, 2.24) is 9.97 Å². The van der Waals surface area contributed by atoms with Gasteiger partial charge >= 0.3 is 6.01 Å². The molecule has 0 saturated carbocycles. The molecule has 4 heteroatoms. The number of phenolic OH excluding ortho intramolecular Hbond substituents is 1. The molecule has 1 aromatic heterocycles. The van der Waals surface area contributed by atoms with Crippen LogP contribution in [0.1, 0.15) is 11.4 Å². The third-order valence-corrected chi connectivity index (χ3v) is 2.01. The third-order valence-electron chi connectivity index (χ3n) is 2.01. The van der Waals surface area contributed by atoms with E-state index in [1.165, 1.54) is 0 Å². The first kappa shape index (κ1) is 10.4. The lowest BCUT2D eigenvalue weighted by Crippen LogP contribution is -1.95. The van der Waals surface area contributed by atoms with Crippen LogP contribution in [0.5, 0.6) is 17.5 Å². The average Bonchev–Trinajstić information content (AvgIpc) is 2.20. The SMILES string of the molecule is Cc1cc(C)nc(Oc2ccc(O)cc2)n1. The number of aromatic hydroxyl groups is 1. The van der Waals surface area contributed by atoms with Gasteiger partial charge in [-0.1, -0.05) is 0 Å². The second-order valence-electron chi connectivity index (χ2n) is 3.53. The number of hydrogen-bond donors (Lipinski definition) is 1. The fourth-order valence-electron chi connectivity index (χ4n) is 1.36. The predicted molar refractivity (Wildman–Crippen MR) is 59.7 cm³/mol. The van der Waals surface area contributed by atoms with Crippen molar-refractivity contribution in [3.63, 3.8) is 0 Å².